The molecule has 54 heavy (non-hydrogen) atoms. The van der Waals surface area contributed by atoms with E-state index in [4.69, 9.17) is 18.9 Å². The molecule has 0 amide bonds. The van der Waals surface area contributed by atoms with Gasteiger partial charge < -0.3 is 39.4 Å². The third kappa shape index (κ3) is 25.1. The van der Waals surface area contributed by atoms with Gasteiger partial charge in [-0.15, -0.1) is 0 Å². The number of ether oxygens (including phenoxy) is 4. The number of allylic oxidation sites excluding steroid dienone is 10. The van der Waals surface area contributed by atoms with Crippen LogP contribution in [0.5, 0.6) is 0 Å². The summed E-state index contributed by atoms with van der Waals surface area (Å²) in [6.45, 7) is 3.59. The Morgan fingerprint density at radius 2 is 1.13 bits per heavy atom. The summed E-state index contributed by atoms with van der Waals surface area (Å²) in [5.41, 5.74) is 0. The van der Waals surface area contributed by atoms with Crippen molar-refractivity contribution in [3.63, 3.8) is 0 Å². The third-order valence-electron chi connectivity index (χ3n) is 8.86. The number of aliphatic hydroxyl groups excluding tert-OH is 3. The average Bonchev–Trinajstić information content (AvgIpc) is 3.15. The van der Waals surface area contributed by atoms with Gasteiger partial charge in [-0.1, -0.05) is 126 Å². The van der Waals surface area contributed by atoms with Gasteiger partial charge in [0.25, 0.3) is 0 Å². The molecule has 308 valence electrons. The molecule has 0 aromatic heterocycles. The number of hydrogen-bond acceptors (Lipinski definition) is 10. The standard InChI is InChI=1S/C43H70O11/c1-3-5-7-9-11-13-15-17-18-20-22-24-26-28-30-32-37(45)53-35(34-52-43-40(48)38(46)39(47)41(54-43)42(49)50)33-51-36(44)31-29-27-25-23-21-19-16-14-12-10-8-6-4-2/h6,8,12,14,17-19,21,25,27,35,38-41,43,46-48H,3-5,7,9-11,13,15-16,20,22-24,26,28-34H2,1-2H3,(H,49,50)/b8-6-,14-12-,18-17-,21-19-,27-25-. The first-order valence-corrected chi connectivity index (χ1v) is 20.3. The van der Waals surface area contributed by atoms with Gasteiger partial charge in [-0.3, -0.25) is 9.59 Å². The summed E-state index contributed by atoms with van der Waals surface area (Å²) in [4.78, 5) is 36.6. The number of carbonyl (C=O) groups excluding carboxylic acids is 2. The fourth-order valence-corrected chi connectivity index (χ4v) is 5.65. The highest BCUT2D eigenvalue weighted by molar-refractivity contribution is 5.73. The molecule has 0 bridgehead atoms. The van der Waals surface area contributed by atoms with Crippen LogP contribution in [0.2, 0.25) is 0 Å². The van der Waals surface area contributed by atoms with Crippen LogP contribution in [-0.4, -0.2) is 88.4 Å². The smallest absolute Gasteiger partial charge is 0.335 e. The van der Waals surface area contributed by atoms with Gasteiger partial charge in [0.05, 0.1) is 6.61 Å². The zero-order valence-corrected chi connectivity index (χ0v) is 32.9. The van der Waals surface area contributed by atoms with E-state index in [0.29, 0.717) is 12.8 Å². The van der Waals surface area contributed by atoms with Crippen LogP contribution >= 0.6 is 0 Å². The maximum absolute atomic E-state index is 12.7. The zero-order chi connectivity index (χ0) is 39.7. The summed E-state index contributed by atoms with van der Waals surface area (Å²) in [5, 5.41) is 39.7. The van der Waals surface area contributed by atoms with Crippen LogP contribution in [0.3, 0.4) is 0 Å². The first-order chi connectivity index (χ1) is 26.2. The summed E-state index contributed by atoms with van der Waals surface area (Å²) >= 11 is 0. The molecule has 1 aliphatic rings. The van der Waals surface area contributed by atoms with E-state index in [1.807, 2.05) is 12.2 Å². The van der Waals surface area contributed by atoms with Crippen molar-refractivity contribution < 1.29 is 53.8 Å². The van der Waals surface area contributed by atoms with Crippen LogP contribution < -0.4 is 0 Å². The third-order valence-corrected chi connectivity index (χ3v) is 8.86. The topological polar surface area (TPSA) is 169 Å². The van der Waals surface area contributed by atoms with Crippen molar-refractivity contribution in [1.29, 1.82) is 0 Å². The molecule has 4 N–H and O–H groups in total. The highest BCUT2D eigenvalue weighted by atomic mass is 16.7. The Kier molecular flexibility index (Phi) is 30.1. The molecule has 1 rings (SSSR count). The quantitative estimate of drug-likeness (QED) is 0.0298. The normalized spacial score (nSPS) is 21.2. The Morgan fingerprint density at radius 1 is 0.593 bits per heavy atom. The van der Waals surface area contributed by atoms with Gasteiger partial charge in [-0.2, -0.15) is 0 Å². The van der Waals surface area contributed by atoms with Gasteiger partial charge in [0.2, 0.25) is 0 Å². The van der Waals surface area contributed by atoms with Crippen LogP contribution in [0.25, 0.3) is 0 Å². The maximum Gasteiger partial charge on any atom is 0.335 e. The second kappa shape index (κ2) is 33.3. The summed E-state index contributed by atoms with van der Waals surface area (Å²) in [6.07, 6.45) is 30.1. The molecule has 1 aliphatic heterocycles. The minimum Gasteiger partial charge on any atom is -0.479 e. The molecule has 0 spiro atoms. The minimum absolute atomic E-state index is 0.111. The lowest BCUT2D eigenvalue weighted by Gasteiger charge is -2.38. The molecule has 0 aromatic rings. The molecule has 1 fully saturated rings. The Labute approximate surface area is 324 Å². The van der Waals surface area contributed by atoms with Gasteiger partial charge in [0, 0.05) is 12.8 Å². The molecule has 1 heterocycles. The van der Waals surface area contributed by atoms with Gasteiger partial charge in [-0.25, -0.2) is 4.79 Å². The SMILES string of the molecule is CC/C=C\C/C=C\C/C=C\C/C=C\CCC(=O)OCC(COC1OC(C(=O)O)C(O)C(O)C1O)OC(=O)CCCCCCC/C=C\CCCCCCCC. The van der Waals surface area contributed by atoms with Crippen molar-refractivity contribution in [3.8, 4) is 0 Å². The van der Waals surface area contributed by atoms with Crippen LogP contribution in [0.4, 0.5) is 0 Å². The largest absolute Gasteiger partial charge is 0.479 e. The van der Waals surface area contributed by atoms with Crippen molar-refractivity contribution in [2.45, 2.75) is 179 Å². The van der Waals surface area contributed by atoms with E-state index in [2.05, 4.69) is 62.5 Å². The van der Waals surface area contributed by atoms with E-state index < -0.39 is 61.3 Å². The number of hydrogen-bond donors (Lipinski definition) is 4. The van der Waals surface area contributed by atoms with E-state index >= 15 is 0 Å². The summed E-state index contributed by atoms with van der Waals surface area (Å²) in [5.74, 6) is -2.57. The molecule has 0 aromatic carbocycles. The molecule has 0 radical (unpaired) electrons. The van der Waals surface area contributed by atoms with Crippen molar-refractivity contribution in [2.24, 2.45) is 0 Å². The van der Waals surface area contributed by atoms with Crippen molar-refractivity contribution in [3.05, 3.63) is 60.8 Å². The number of carboxylic acids is 1. The first-order valence-electron chi connectivity index (χ1n) is 20.3. The fourth-order valence-electron chi connectivity index (χ4n) is 5.65. The van der Waals surface area contributed by atoms with Crippen LogP contribution in [0, 0.1) is 0 Å². The minimum atomic E-state index is -1.87. The van der Waals surface area contributed by atoms with E-state index in [9.17, 15) is 34.8 Å². The first kappa shape index (κ1) is 48.9. The molecular formula is C43H70O11. The van der Waals surface area contributed by atoms with Crippen molar-refractivity contribution in [2.75, 3.05) is 13.2 Å². The second-order valence-electron chi connectivity index (χ2n) is 13.7. The molecule has 0 saturated carbocycles. The van der Waals surface area contributed by atoms with Crippen LogP contribution in [0.1, 0.15) is 142 Å². The predicted molar refractivity (Wildman–Crippen MR) is 210 cm³/mol. The molecular weight excluding hydrogens is 692 g/mol. The summed E-state index contributed by atoms with van der Waals surface area (Å²) in [7, 11) is 0. The summed E-state index contributed by atoms with van der Waals surface area (Å²) in [6, 6.07) is 0. The van der Waals surface area contributed by atoms with Gasteiger partial charge in [-0.05, 0) is 64.2 Å². The lowest BCUT2D eigenvalue weighted by Crippen LogP contribution is -2.60. The lowest BCUT2D eigenvalue weighted by molar-refractivity contribution is -0.298. The second-order valence-corrected chi connectivity index (χ2v) is 13.7. The summed E-state index contributed by atoms with van der Waals surface area (Å²) < 4.78 is 21.6. The van der Waals surface area contributed by atoms with E-state index in [-0.39, 0.29) is 19.4 Å². The zero-order valence-electron chi connectivity index (χ0n) is 32.9. The van der Waals surface area contributed by atoms with Crippen LogP contribution in [-0.2, 0) is 33.3 Å². The van der Waals surface area contributed by atoms with Crippen molar-refractivity contribution >= 4 is 17.9 Å². The lowest BCUT2D eigenvalue weighted by atomic mass is 9.99. The number of carboxylic acid groups (broad SMARTS) is 1. The molecule has 11 heteroatoms. The number of esters is 2. The Morgan fingerprint density at radius 3 is 1.72 bits per heavy atom. The number of rotatable bonds is 32. The Balaban J connectivity index is 2.48. The molecule has 0 aliphatic carbocycles. The average molecular weight is 763 g/mol. The van der Waals surface area contributed by atoms with Crippen LogP contribution in [0.15, 0.2) is 60.8 Å². The van der Waals surface area contributed by atoms with E-state index in [0.717, 1.165) is 64.2 Å². The van der Waals surface area contributed by atoms with Gasteiger partial charge in [0.15, 0.2) is 18.5 Å². The number of aliphatic carboxylic acids is 1. The molecule has 6 atom stereocenters. The highest BCUT2D eigenvalue weighted by Gasteiger charge is 2.47. The fraction of sp³-hybridized carbons (Fsp3) is 0.698. The Hall–Kier alpha value is -3.09. The number of carbonyl (C=O) groups is 3. The predicted octanol–water partition coefficient (Wildman–Crippen LogP) is 7.97. The van der Waals surface area contributed by atoms with Gasteiger partial charge >= 0.3 is 17.9 Å². The van der Waals surface area contributed by atoms with E-state index in [1.54, 1.807) is 0 Å². The number of aliphatic hydroxyl groups is 3. The molecule has 6 unspecified atom stereocenters. The molecule has 11 nitrogen and oxygen atoms in total. The van der Waals surface area contributed by atoms with E-state index in [1.165, 1.54) is 38.5 Å². The molecule has 1 saturated heterocycles. The van der Waals surface area contributed by atoms with Crippen molar-refractivity contribution in [1.82, 2.24) is 0 Å². The van der Waals surface area contributed by atoms with Gasteiger partial charge in [0.1, 0.15) is 24.9 Å². The monoisotopic (exact) mass is 762 g/mol. The maximum atomic E-state index is 12.7. The Bertz CT molecular complexity index is 1130. The highest BCUT2D eigenvalue weighted by Crippen LogP contribution is 2.23. The number of unbranched alkanes of at least 4 members (excludes halogenated alkanes) is 11.